The van der Waals surface area contributed by atoms with Crippen LogP contribution in [0.5, 0.6) is 5.75 Å². The first kappa shape index (κ1) is 15.6. The number of phenols is 1. The van der Waals surface area contributed by atoms with E-state index >= 15 is 0 Å². The van der Waals surface area contributed by atoms with Crippen molar-refractivity contribution in [3.05, 3.63) is 28.8 Å². The fourth-order valence-electron chi connectivity index (χ4n) is 3.93. The molecule has 4 nitrogen and oxygen atoms in total. The van der Waals surface area contributed by atoms with Crippen molar-refractivity contribution in [1.82, 2.24) is 9.80 Å². The van der Waals surface area contributed by atoms with E-state index in [2.05, 4.69) is 11.9 Å². The Morgan fingerprint density at radius 1 is 1.36 bits per heavy atom. The largest absolute Gasteiger partial charge is 0.506 e. The molecule has 120 valence electrons. The van der Waals surface area contributed by atoms with Crippen LogP contribution in [0.1, 0.15) is 24.8 Å². The molecule has 2 aliphatic rings. The maximum absolute atomic E-state index is 11.9. The van der Waals surface area contributed by atoms with E-state index in [1.807, 2.05) is 24.1 Å². The number of halogens is 1. The van der Waals surface area contributed by atoms with Gasteiger partial charge in [0, 0.05) is 32.6 Å². The summed E-state index contributed by atoms with van der Waals surface area (Å²) in [5.41, 5.74) is 0.951. The van der Waals surface area contributed by atoms with Crippen LogP contribution in [0.2, 0.25) is 5.02 Å². The van der Waals surface area contributed by atoms with Crippen LogP contribution in [-0.4, -0.2) is 47.5 Å². The van der Waals surface area contributed by atoms with Gasteiger partial charge in [-0.05, 0) is 43.4 Å². The monoisotopic (exact) mass is 322 g/mol. The van der Waals surface area contributed by atoms with Crippen LogP contribution in [0.15, 0.2) is 18.2 Å². The van der Waals surface area contributed by atoms with Crippen LogP contribution in [0.4, 0.5) is 0 Å². The number of piperidine rings is 1. The van der Waals surface area contributed by atoms with Crippen molar-refractivity contribution in [2.24, 2.45) is 11.8 Å². The first-order valence-corrected chi connectivity index (χ1v) is 8.24. The molecule has 1 aromatic rings. The lowest BCUT2D eigenvalue weighted by Gasteiger charge is -2.31. The number of phenolic OH excluding ortho intramolecular Hbond substituents is 1. The summed E-state index contributed by atoms with van der Waals surface area (Å²) >= 11 is 6.18. The van der Waals surface area contributed by atoms with Gasteiger partial charge in [-0.2, -0.15) is 0 Å². The van der Waals surface area contributed by atoms with Crippen LogP contribution in [0.25, 0.3) is 0 Å². The van der Waals surface area contributed by atoms with Crippen molar-refractivity contribution in [2.45, 2.75) is 31.8 Å². The zero-order chi connectivity index (χ0) is 15.9. The summed E-state index contributed by atoms with van der Waals surface area (Å²) in [6, 6.07) is 5.87. The standard InChI is InChI=1S/C17H23ClN2O2/c1-19(9-11-4-3-5-15(21)17(11)18)14-6-12-8-16(22)20(2)10-13(12)7-14/h3-5,12-14,21H,6-10H2,1-2H3/t12-,13+,14-/m1/s1. The number of likely N-dealkylation sites (tertiary alicyclic amines) is 1. The second kappa shape index (κ2) is 6.09. The molecule has 0 bridgehead atoms. The van der Waals surface area contributed by atoms with Crippen LogP contribution >= 0.6 is 11.6 Å². The Balaban J connectivity index is 1.65. The minimum Gasteiger partial charge on any atom is -0.506 e. The van der Waals surface area contributed by atoms with Gasteiger partial charge in [0.2, 0.25) is 5.91 Å². The summed E-state index contributed by atoms with van der Waals surface area (Å²) in [5, 5.41) is 10.2. The molecule has 1 saturated heterocycles. The molecule has 0 unspecified atom stereocenters. The number of carbonyl (C=O) groups is 1. The van der Waals surface area contributed by atoms with Gasteiger partial charge in [-0.25, -0.2) is 0 Å². The Morgan fingerprint density at radius 2 is 2.09 bits per heavy atom. The summed E-state index contributed by atoms with van der Waals surface area (Å²) in [5.74, 6) is 1.56. The van der Waals surface area contributed by atoms with E-state index in [4.69, 9.17) is 11.6 Å². The third kappa shape index (κ3) is 2.95. The van der Waals surface area contributed by atoms with Crippen LogP contribution in [-0.2, 0) is 11.3 Å². The maximum atomic E-state index is 11.9. The molecule has 3 atom stereocenters. The Hall–Kier alpha value is -1.26. The van der Waals surface area contributed by atoms with E-state index in [1.54, 1.807) is 6.07 Å². The molecule has 1 saturated carbocycles. The van der Waals surface area contributed by atoms with Gasteiger partial charge in [0.1, 0.15) is 5.75 Å². The zero-order valence-electron chi connectivity index (χ0n) is 13.1. The van der Waals surface area contributed by atoms with Gasteiger partial charge < -0.3 is 10.0 Å². The third-order valence-corrected chi connectivity index (χ3v) is 5.73. The van der Waals surface area contributed by atoms with Crippen molar-refractivity contribution in [3.8, 4) is 5.75 Å². The lowest BCUT2D eigenvalue weighted by Crippen LogP contribution is -2.39. The van der Waals surface area contributed by atoms with Gasteiger partial charge in [0.15, 0.2) is 0 Å². The Bertz CT molecular complexity index is 578. The van der Waals surface area contributed by atoms with Gasteiger partial charge in [-0.15, -0.1) is 0 Å². The van der Waals surface area contributed by atoms with Crippen LogP contribution in [0, 0.1) is 11.8 Å². The number of hydrogen-bond donors (Lipinski definition) is 1. The molecule has 3 rings (SSSR count). The highest BCUT2D eigenvalue weighted by Gasteiger charge is 2.41. The highest BCUT2D eigenvalue weighted by molar-refractivity contribution is 6.32. The Morgan fingerprint density at radius 3 is 2.86 bits per heavy atom. The molecule has 0 aromatic heterocycles. The van der Waals surface area contributed by atoms with E-state index in [9.17, 15) is 9.90 Å². The third-order valence-electron chi connectivity index (χ3n) is 5.29. The van der Waals surface area contributed by atoms with Crippen molar-refractivity contribution < 1.29 is 9.90 Å². The fraction of sp³-hybridized carbons (Fsp3) is 0.588. The lowest BCUT2D eigenvalue weighted by molar-refractivity contribution is -0.134. The SMILES string of the molecule is CN1C[C@@H]2C[C@H](N(C)Cc3cccc(O)c3Cl)C[C@@H]2CC1=O. The van der Waals surface area contributed by atoms with Crippen molar-refractivity contribution in [1.29, 1.82) is 0 Å². The molecule has 1 aromatic carbocycles. The number of fused-ring (bicyclic) bond motifs is 1. The lowest BCUT2D eigenvalue weighted by atomic mass is 9.88. The molecule has 1 heterocycles. The predicted molar refractivity (Wildman–Crippen MR) is 86.8 cm³/mol. The molecular weight excluding hydrogens is 300 g/mol. The number of carbonyl (C=O) groups excluding carboxylic acids is 1. The quantitative estimate of drug-likeness (QED) is 0.930. The summed E-state index contributed by atoms with van der Waals surface area (Å²) in [6.07, 6.45) is 2.91. The molecule has 1 N–H and O–H groups in total. The summed E-state index contributed by atoms with van der Waals surface area (Å²) in [6.45, 7) is 1.61. The second-order valence-electron chi connectivity index (χ2n) is 6.79. The molecule has 0 spiro atoms. The normalized spacial score (nSPS) is 28.3. The number of benzene rings is 1. The molecular formula is C17H23ClN2O2. The van der Waals surface area contributed by atoms with Gasteiger partial charge in [-0.3, -0.25) is 9.69 Å². The molecule has 1 aliphatic carbocycles. The number of nitrogens with zero attached hydrogens (tertiary/aromatic N) is 2. The highest BCUT2D eigenvalue weighted by Crippen LogP contribution is 2.40. The summed E-state index contributed by atoms with van der Waals surface area (Å²) in [4.78, 5) is 16.0. The van der Waals surface area contributed by atoms with E-state index < -0.39 is 0 Å². The minimum absolute atomic E-state index is 0.139. The second-order valence-corrected chi connectivity index (χ2v) is 7.17. The first-order chi connectivity index (χ1) is 10.5. The minimum atomic E-state index is 0.139. The maximum Gasteiger partial charge on any atom is 0.222 e. The van der Waals surface area contributed by atoms with Crippen molar-refractivity contribution in [3.63, 3.8) is 0 Å². The van der Waals surface area contributed by atoms with E-state index in [1.165, 1.54) is 0 Å². The van der Waals surface area contributed by atoms with Gasteiger partial charge in [0.05, 0.1) is 5.02 Å². The van der Waals surface area contributed by atoms with Crippen molar-refractivity contribution >= 4 is 17.5 Å². The number of rotatable bonds is 3. The molecule has 2 fully saturated rings. The topological polar surface area (TPSA) is 43.8 Å². The average Bonchev–Trinajstić information content (AvgIpc) is 2.87. The highest BCUT2D eigenvalue weighted by atomic mass is 35.5. The smallest absolute Gasteiger partial charge is 0.222 e. The van der Waals surface area contributed by atoms with Gasteiger partial charge >= 0.3 is 0 Å². The molecule has 22 heavy (non-hydrogen) atoms. The number of amides is 1. The van der Waals surface area contributed by atoms with Crippen molar-refractivity contribution in [2.75, 3.05) is 20.6 Å². The van der Waals surface area contributed by atoms with Gasteiger partial charge in [0.25, 0.3) is 0 Å². The first-order valence-electron chi connectivity index (χ1n) is 7.86. The number of aromatic hydroxyl groups is 1. The van der Waals surface area contributed by atoms with Gasteiger partial charge in [-0.1, -0.05) is 23.7 Å². The Labute approximate surface area is 136 Å². The Kier molecular flexibility index (Phi) is 4.33. The van der Waals surface area contributed by atoms with Crippen LogP contribution < -0.4 is 0 Å². The van der Waals surface area contributed by atoms with E-state index in [-0.39, 0.29) is 11.7 Å². The molecule has 1 amide bonds. The summed E-state index contributed by atoms with van der Waals surface area (Å²) < 4.78 is 0. The van der Waals surface area contributed by atoms with E-state index in [0.717, 1.165) is 31.5 Å². The van der Waals surface area contributed by atoms with E-state index in [0.29, 0.717) is 29.3 Å². The zero-order valence-corrected chi connectivity index (χ0v) is 13.9. The average molecular weight is 323 g/mol. The van der Waals surface area contributed by atoms with Crippen LogP contribution in [0.3, 0.4) is 0 Å². The molecule has 1 aliphatic heterocycles. The fourth-order valence-corrected chi connectivity index (χ4v) is 4.12. The molecule has 0 radical (unpaired) electrons. The number of hydrogen-bond acceptors (Lipinski definition) is 3. The predicted octanol–water partition coefficient (Wildman–Crippen LogP) is 2.73. The summed E-state index contributed by atoms with van der Waals surface area (Å²) in [7, 11) is 4.01. The molecule has 5 heteroatoms.